The summed E-state index contributed by atoms with van der Waals surface area (Å²) in [6.07, 6.45) is 0.892. The Hall–Kier alpha value is -1.26. The van der Waals surface area contributed by atoms with Gasteiger partial charge in [-0.1, -0.05) is 6.92 Å². The van der Waals surface area contributed by atoms with Crippen LogP contribution < -0.4 is 14.8 Å². The first-order valence-electron chi connectivity index (χ1n) is 5.80. The second kappa shape index (κ2) is 7.14. The van der Waals surface area contributed by atoms with Gasteiger partial charge >= 0.3 is 0 Å². The maximum atomic E-state index is 9.11. The molecule has 96 valence electrons. The number of aliphatic hydroxyl groups excluding tert-OH is 1. The molecule has 1 aromatic rings. The lowest BCUT2D eigenvalue weighted by molar-refractivity contribution is 0.238. The average molecular weight is 239 g/mol. The Morgan fingerprint density at radius 2 is 2.06 bits per heavy atom. The molecule has 0 radical (unpaired) electrons. The number of hydrogen-bond donors (Lipinski definition) is 2. The van der Waals surface area contributed by atoms with Crippen molar-refractivity contribution in [3.8, 4) is 11.5 Å². The number of benzene rings is 1. The summed E-state index contributed by atoms with van der Waals surface area (Å²) < 4.78 is 10.5. The van der Waals surface area contributed by atoms with Crippen LogP contribution in [0.5, 0.6) is 11.5 Å². The molecule has 4 nitrogen and oxygen atoms in total. The molecular formula is C13H21NO3. The normalized spacial score (nSPS) is 12.2. The first-order valence-corrected chi connectivity index (χ1v) is 5.80. The van der Waals surface area contributed by atoms with Crippen LogP contribution >= 0.6 is 0 Å². The van der Waals surface area contributed by atoms with Crippen molar-refractivity contribution in [1.82, 2.24) is 5.32 Å². The van der Waals surface area contributed by atoms with Crippen molar-refractivity contribution in [3.63, 3.8) is 0 Å². The molecule has 0 fully saturated rings. The number of methoxy groups -OCH3 is 2. The number of ether oxygens (including phenoxy) is 2. The average Bonchev–Trinajstić information content (AvgIpc) is 2.39. The Bertz CT molecular complexity index is 337. The van der Waals surface area contributed by atoms with Crippen LogP contribution in [-0.4, -0.2) is 32.0 Å². The summed E-state index contributed by atoms with van der Waals surface area (Å²) >= 11 is 0. The van der Waals surface area contributed by atoms with Crippen LogP contribution in [0, 0.1) is 0 Å². The van der Waals surface area contributed by atoms with Crippen molar-refractivity contribution in [3.05, 3.63) is 23.8 Å². The van der Waals surface area contributed by atoms with Crippen molar-refractivity contribution in [1.29, 1.82) is 0 Å². The summed E-state index contributed by atoms with van der Waals surface area (Å²) in [5.74, 6) is 1.63. The van der Waals surface area contributed by atoms with Gasteiger partial charge in [0.25, 0.3) is 0 Å². The summed E-state index contributed by atoms with van der Waals surface area (Å²) in [5.41, 5.74) is 1.03. The SMILES string of the molecule is CC[C@H](CO)NCc1cc(OC)ccc1OC. The molecule has 0 saturated heterocycles. The zero-order valence-corrected chi connectivity index (χ0v) is 10.7. The molecule has 4 heteroatoms. The first kappa shape index (κ1) is 13.8. The predicted octanol–water partition coefficient (Wildman–Crippen LogP) is 1.56. The van der Waals surface area contributed by atoms with Gasteiger partial charge in [0, 0.05) is 18.2 Å². The molecule has 2 N–H and O–H groups in total. The van der Waals surface area contributed by atoms with Crippen molar-refractivity contribution in [2.75, 3.05) is 20.8 Å². The highest BCUT2D eigenvalue weighted by molar-refractivity contribution is 5.40. The van der Waals surface area contributed by atoms with E-state index in [0.717, 1.165) is 23.5 Å². The van der Waals surface area contributed by atoms with Crippen LogP contribution in [0.2, 0.25) is 0 Å². The number of hydrogen-bond acceptors (Lipinski definition) is 4. The molecule has 0 amide bonds. The molecule has 1 rings (SSSR count). The molecule has 0 aromatic heterocycles. The standard InChI is InChI=1S/C13H21NO3/c1-4-11(9-15)14-8-10-7-12(16-2)5-6-13(10)17-3/h5-7,11,14-15H,4,8-9H2,1-3H3/t11-/m1/s1. The van der Waals surface area contributed by atoms with Crippen LogP contribution in [0.3, 0.4) is 0 Å². The summed E-state index contributed by atoms with van der Waals surface area (Å²) in [6, 6.07) is 5.81. The van der Waals surface area contributed by atoms with Gasteiger partial charge in [0.05, 0.1) is 20.8 Å². The molecule has 0 heterocycles. The lowest BCUT2D eigenvalue weighted by atomic mass is 10.1. The van der Waals surface area contributed by atoms with Crippen LogP contribution in [0.4, 0.5) is 0 Å². The zero-order chi connectivity index (χ0) is 12.7. The van der Waals surface area contributed by atoms with Crippen molar-refractivity contribution in [2.45, 2.75) is 25.9 Å². The van der Waals surface area contributed by atoms with E-state index < -0.39 is 0 Å². The number of rotatable bonds is 7. The minimum Gasteiger partial charge on any atom is -0.497 e. The third-order valence-electron chi connectivity index (χ3n) is 2.78. The fourth-order valence-electron chi connectivity index (χ4n) is 1.61. The van der Waals surface area contributed by atoms with E-state index in [1.165, 1.54) is 0 Å². The Morgan fingerprint density at radius 1 is 1.29 bits per heavy atom. The van der Waals surface area contributed by atoms with Gasteiger partial charge < -0.3 is 19.9 Å². The van der Waals surface area contributed by atoms with Gasteiger partial charge in [0.1, 0.15) is 11.5 Å². The molecule has 17 heavy (non-hydrogen) atoms. The Kier molecular flexibility index (Phi) is 5.80. The monoisotopic (exact) mass is 239 g/mol. The second-order valence-corrected chi connectivity index (χ2v) is 3.85. The first-order chi connectivity index (χ1) is 8.24. The molecule has 0 aliphatic rings. The fraction of sp³-hybridized carbons (Fsp3) is 0.538. The summed E-state index contributed by atoms with van der Waals surface area (Å²) in [6.45, 7) is 2.83. The largest absolute Gasteiger partial charge is 0.497 e. The van der Waals surface area contributed by atoms with E-state index in [1.54, 1.807) is 14.2 Å². The quantitative estimate of drug-likeness (QED) is 0.758. The molecule has 0 spiro atoms. The van der Waals surface area contributed by atoms with Gasteiger partial charge in [0.2, 0.25) is 0 Å². The maximum Gasteiger partial charge on any atom is 0.123 e. The topological polar surface area (TPSA) is 50.7 Å². The van der Waals surface area contributed by atoms with Gasteiger partial charge in [-0.3, -0.25) is 0 Å². The van der Waals surface area contributed by atoms with E-state index >= 15 is 0 Å². The van der Waals surface area contributed by atoms with Crippen molar-refractivity contribution >= 4 is 0 Å². The number of nitrogens with one attached hydrogen (secondary N) is 1. The van der Waals surface area contributed by atoms with E-state index in [9.17, 15) is 0 Å². The maximum absolute atomic E-state index is 9.11. The van der Waals surface area contributed by atoms with Crippen LogP contribution in [0.25, 0.3) is 0 Å². The minimum absolute atomic E-state index is 0.117. The smallest absolute Gasteiger partial charge is 0.123 e. The van der Waals surface area contributed by atoms with Gasteiger partial charge in [-0.25, -0.2) is 0 Å². The second-order valence-electron chi connectivity index (χ2n) is 3.85. The minimum atomic E-state index is 0.117. The summed E-state index contributed by atoms with van der Waals surface area (Å²) in [4.78, 5) is 0. The lowest BCUT2D eigenvalue weighted by Gasteiger charge is -2.16. The third kappa shape index (κ3) is 3.91. The molecule has 1 atom stereocenters. The molecule has 0 saturated carbocycles. The highest BCUT2D eigenvalue weighted by Gasteiger charge is 2.08. The fourth-order valence-corrected chi connectivity index (χ4v) is 1.61. The van der Waals surface area contributed by atoms with Crippen LogP contribution in [0.1, 0.15) is 18.9 Å². The van der Waals surface area contributed by atoms with Gasteiger partial charge in [-0.05, 0) is 24.6 Å². The lowest BCUT2D eigenvalue weighted by Crippen LogP contribution is -2.31. The van der Waals surface area contributed by atoms with Gasteiger partial charge in [-0.15, -0.1) is 0 Å². The third-order valence-corrected chi connectivity index (χ3v) is 2.78. The van der Waals surface area contributed by atoms with E-state index in [1.807, 2.05) is 25.1 Å². The summed E-state index contributed by atoms with van der Waals surface area (Å²) in [5, 5.41) is 12.4. The Labute approximate surface area is 103 Å². The predicted molar refractivity (Wildman–Crippen MR) is 67.6 cm³/mol. The molecular weight excluding hydrogens is 218 g/mol. The molecule has 0 bridgehead atoms. The highest BCUT2D eigenvalue weighted by Crippen LogP contribution is 2.23. The van der Waals surface area contributed by atoms with Gasteiger partial charge in [0.15, 0.2) is 0 Å². The van der Waals surface area contributed by atoms with Crippen LogP contribution in [0.15, 0.2) is 18.2 Å². The van der Waals surface area contributed by atoms with Crippen molar-refractivity contribution in [2.24, 2.45) is 0 Å². The van der Waals surface area contributed by atoms with E-state index in [-0.39, 0.29) is 12.6 Å². The number of aliphatic hydroxyl groups is 1. The zero-order valence-electron chi connectivity index (χ0n) is 10.7. The molecule has 0 aliphatic carbocycles. The Morgan fingerprint density at radius 3 is 2.59 bits per heavy atom. The molecule has 0 aliphatic heterocycles. The van der Waals surface area contributed by atoms with E-state index in [0.29, 0.717) is 6.54 Å². The van der Waals surface area contributed by atoms with Gasteiger partial charge in [-0.2, -0.15) is 0 Å². The highest BCUT2D eigenvalue weighted by atomic mass is 16.5. The van der Waals surface area contributed by atoms with Crippen molar-refractivity contribution < 1.29 is 14.6 Å². The molecule has 1 aromatic carbocycles. The summed E-state index contributed by atoms with van der Waals surface area (Å²) in [7, 11) is 3.29. The van der Waals surface area contributed by atoms with E-state index in [2.05, 4.69) is 5.32 Å². The van der Waals surface area contributed by atoms with E-state index in [4.69, 9.17) is 14.6 Å². The molecule has 0 unspecified atom stereocenters. The van der Waals surface area contributed by atoms with Crippen LogP contribution in [-0.2, 0) is 6.54 Å². The Balaban J connectivity index is 2.73.